The molecule has 0 radical (unpaired) electrons. The lowest BCUT2D eigenvalue weighted by Crippen LogP contribution is -2.23. The average Bonchev–Trinajstić information content (AvgIpc) is 4.03. The Labute approximate surface area is 462 Å². The summed E-state index contributed by atoms with van der Waals surface area (Å²) >= 11 is 12.6. The van der Waals surface area contributed by atoms with E-state index in [1.165, 1.54) is 58.7 Å². The van der Waals surface area contributed by atoms with Gasteiger partial charge in [0.05, 0.1) is 36.5 Å². The van der Waals surface area contributed by atoms with Crippen LogP contribution in [0.25, 0.3) is 9.69 Å². The Balaban J connectivity index is 0.000000356. The van der Waals surface area contributed by atoms with Crippen molar-refractivity contribution in [2.75, 3.05) is 18.8 Å². The molecule has 0 spiro atoms. The van der Waals surface area contributed by atoms with Crippen molar-refractivity contribution in [1.29, 1.82) is 0 Å². The normalized spacial score (nSPS) is 11.9. The summed E-state index contributed by atoms with van der Waals surface area (Å²) in [6, 6.07) is 23.1. The number of halogens is 1. The topological polar surface area (TPSA) is 199 Å². The Morgan fingerprint density at radius 3 is 1.29 bits per heavy atom. The van der Waals surface area contributed by atoms with E-state index in [9.17, 15) is 33.7 Å². The lowest BCUT2D eigenvalue weighted by molar-refractivity contribution is 0.129. The number of ether oxygens (including phenoxy) is 3. The summed E-state index contributed by atoms with van der Waals surface area (Å²) in [4.78, 5) is 8.72. The van der Waals surface area contributed by atoms with Crippen LogP contribution in [0.2, 0.25) is 0 Å². The third-order valence-electron chi connectivity index (χ3n) is 8.27. The SMILES string of the molecule is C.CC(C)(C)Oc1cc(S(C)(=O)=O)cc(S(=O)(=O)c2ccc(CN)s2)c1.CSc1cc(S)cc(OC(C)(C)C)c1.[C-]#[N+]c1ccc(Br)s1.[C-]#[N+]c1ccc(S(=O)(=O)c2cc(OC(C)(C)C)cc(S(C)(=O)=O)c2)s1. The molecule has 0 amide bonds. The molecule has 2 N–H and O–H groups in total. The van der Waals surface area contributed by atoms with Crippen LogP contribution in [0.15, 0.2) is 133 Å². The zero-order valence-electron chi connectivity index (χ0n) is 41.4. The number of thioether (sulfide) groups is 1. The van der Waals surface area contributed by atoms with E-state index in [0.717, 1.165) is 71.6 Å². The maximum atomic E-state index is 12.9. The van der Waals surface area contributed by atoms with E-state index in [1.54, 1.807) is 65.4 Å². The van der Waals surface area contributed by atoms with E-state index in [4.69, 9.17) is 33.1 Å². The zero-order chi connectivity index (χ0) is 54.8. The van der Waals surface area contributed by atoms with Gasteiger partial charge in [-0.1, -0.05) is 7.43 Å². The van der Waals surface area contributed by atoms with Gasteiger partial charge in [-0.15, -0.1) is 58.4 Å². The lowest BCUT2D eigenvalue weighted by atomic mass is 10.2. The summed E-state index contributed by atoms with van der Waals surface area (Å²) in [7, 11) is -15.1. The minimum absolute atomic E-state index is 0. The van der Waals surface area contributed by atoms with Crippen molar-refractivity contribution in [3.05, 3.63) is 122 Å². The molecule has 73 heavy (non-hydrogen) atoms. The van der Waals surface area contributed by atoms with Crippen LogP contribution in [0.4, 0.5) is 10.0 Å². The van der Waals surface area contributed by atoms with Crippen molar-refractivity contribution < 1.29 is 47.9 Å². The highest BCUT2D eigenvalue weighted by Gasteiger charge is 2.27. The molecular weight excluding hydrogens is 1180 g/mol. The number of hydrogen-bond acceptors (Lipinski definition) is 17. The number of thiol groups is 1. The smallest absolute Gasteiger partial charge is 0.242 e. The molecule has 24 heteroatoms. The average molecular weight is 1240 g/mol. The Kier molecular flexibility index (Phi) is 23.4. The first kappa shape index (κ1) is 65.2. The molecule has 0 aliphatic heterocycles. The third kappa shape index (κ3) is 21.3. The maximum absolute atomic E-state index is 12.9. The Morgan fingerprint density at radius 2 is 0.959 bits per heavy atom. The molecule has 0 aliphatic carbocycles. The molecule has 0 atom stereocenters. The summed E-state index contributed by atoms with van der Waals surface area (Å²) in [5.74, 6) is 1.22. The number of benzene rings is 3. The zero-order valence-corrected chi connectivity index (χ0v) is 50.4. The van der Waals surface area contributed by atoms with Gasteiger partial charge in [0.1, 0.15) is 42.5 Å². The van der Waals surface area contributed by atoms with Crippen molar-refractivity contribution >= 4 is 124 Å². The monoisotopic (exact) mass is 1230 g/mol. The summed E-state index contributed by atoms with van der Waals surface area (Å²) < 4.78 is 117. The summed E-state index contributed by atoms with van der Waals surface area (Å²) in [5.41, 5.74) is 4.15. The minimum atomic E-state index is -3.96. The number of nitrogens with two attached hydrogens (primary N) is 1. The number of hydrogen-bond donors (Lipinski definition) is 2. The van der Waals surface area contributed by atoms with Gasteiger partial charge in [0.25, 0.3) is 0 Å². The first-order valence-corrected chi connectivity index (χ1v) is 32.6. The van der Waals surface area contributed by atoms with Crippen molar-refractivity contribution in [3.8, 4) is 17.2 Å². The van der Waals surface area contributed by atoms with Gasteiger partial charge < -0.3 is 19.9 Å². The molecule has 3 aromatic carbocycles. The van der Waals surface area contributed by atoms with Crippen molar-refractivity contribution in [3.63, 3.8) is 0 Å². The molecule has 6 aromatic rings. The maximum Gasteiger partial charge on any atom is 0.242 e. The van der Waals surface area contributed by atoms with Gasteiger partial charge in [0, 0.05) is 33.7 Å². The Hall–Kier alpha value is -3.92. The third-order valence-corrected chi connectivity index (χ3v) is 19.5. The summed E-state index contributed by atoms with van der Waals surface area (Å²) in [5, 5.41) is 0.973. The second-order valence-electron chi connectivity index (χ2n) is 18.2. The predicted molar refractivity (Wildman–Crippen MR) is 304 cm³/mol. The standard InChI is InChI=1S/C16H17NO5S3.C16H21NO5S3.C11H16OS2.C5H2BrNS.CH4/c1-16(2,3)22-11-8-12(24(5,18)19)10-13(9-11)25(20,21)15-7-6-14(17-4)23-15;1-16(2,3)22-11-7-13(24(4,18)19)9-14(8-11)25(20,21)15-6-5-12(10-17)23-15;1-11(2,3)12-8-5-9(13)7-10(6-8)14-4;1-7-5-3-2-4(6)8-5;/h6-10H,1-3,5H3;5-9H,10,17H2,1-4H3;5-7,13H,1-4H3;2-3H;1H4. The largest absolute Gasteiger partial charge is 0.488 e. The first-order chi connectivity index (χ1) is 32.9. The van der Waals surface area contributed by atoms with E-state index in [1.807, 2.05) is 51.3 Å². The number of thiophene rings is 3. The van der Waals surface area contributed by atoms with Crippen LogP contribution in [0.3, 0.4) is 0 Å². The number of rotatable bonds is 11. The van der Waals surface area contributed by atoms with Gasteiger partial charge >= 0.3 is 0 Å². The summed E-state index contributed by atoms with van der Waals surface area (Å²) in [6.07, 6.45) is 4.07. The predicted octanol–water partition coefficient (Wildman–Crippen LogP) is 13.9. The molecule has 0 fully saturated rings. The Morgan fingerprint density at radius 1 is 0.575 bits per heavy atom. The van der Waals surface area contributed by atoms with E-state index < -0.39 is 50.6 Å². The van der Waals surface area contributed by atoms with E-state index >= 15 is 0 Å². The highest BCUT2D eigenvalue weighted by molar-refractivity contribution is 9.11. The fraction of sp³-hybridized carbons (Fsp3) is 0.347. The van der Waals surface area contributed by atoms with Gasteiger partial charge in [0.2, 0.25) is 29.7 Å². The quantitative estimate of drug-likeness (QED) is 0.0706. The molecule has 0 bridgehead atoms. The lowest BCUT2D eigenvalue weighted by Gasteiger charge is -2.22. The van der Waals surface area contributed by atoms with Crippen LogP contribution in [-0.2, 0) is 45.9 Å². The molecule has 3 aromatic heterocycles. The summed E-state index contributed by atoms with van der Waals surface area (Å²) in [6.45, 7) is 30.6. The molecule has 0 saturated carbocycles. The number of sulfone groups is 4. The minimum Gasteiger partial charge on any atom is -0.488 e. The van der Waals surface area contributed by atoms with Crippen molar-refractivity contribution in [2.24, 2.45) is 5.73 Å². The van der Waals surface area contributed by atoms with Gasteiger partial charge in [-0.05, 0) is 175 Å². The van der Waals surface area contributed by atoms with Crippen LogP contribution in [0, 0.1) is 13.1 Å². The molecule has 0 saturated heterocycles. The molecule has 398 valence electrons. The highest BCUT2D eigenvalue weighted by Crippen LogP contribution is 2.37. The first-order valence-electron chi connectivity index (χ1n) is 20.9. The molecule has 3 heterocycles. The van der Waals surface area contributed by atoms with Crippen LogP contribution in [0.5, 0.6) is 17.2 Å². The van der Waals surface area contributed by atoms with Crippen LogP contribution >= 0.6 is 74.3 Å². The molecule has 0 unspecified atom stereocenters. The molecule has 6 rings (SSSR count). The second kappa shape index (κ2) is 26.2. The van der Waals surface area contributed by atoms with Gasteiger partial charge in [0.15, 0.2) is 19.7 Å². The van der Waals surface area contributed by atoms with Crippen LogP contribution in [0.1, 0.15) is 74.6 Å². The fourth-order valence-electron chi connectivity index (χ4n) is 5.47. The molecule has 14 nitrogen and oxygen atoms in total. The highest BCUT2D eigenvalue weighted by atomic mass is 79.9. The Bertz CT molecular complexity index is 3400. The fourth-order valence-corrected chi connectivity index (χ4v) is 14.2. The van der Waals surface area contributed by atoms with Gasteiger partial charge in [-0.3, -0.25) is 0 Å². The van der Waals surface area contributed by atoms with Crippen molar-refractivity contribution in [1.82, 2.24) is 0 Å². The van der Waals surface area contributed by atoms with Crippen molar-refractivity contribution in [2.45, 2.75) is 131 Å². The van der Waals surface area contributed by atoms with E-state index in [2.05, 4.69) is 38.2 Å². The molecule has 0 aliphatic rings. The van der Waals surface area contributed by atoms with Crippen LogP contribution < -0.4 is 19.9 Å². The van der Waals surface area contributed by atoms with Gasteiger partial charge in [-0.2, -0.15) is 0 Å². The molecular formula is C49H60BrN3O11S9. The van der Waals surface area contributed by atoms with E-state index in [0.29, 0.717) is 0 Å². The van der Waals surface area contributed by atoms with Gasteiger partial charge in [-0.25, -0.2) is 43.4 Å². The number of nitrogens with zero attached hydrogens (tertiary/aromatic N) is 2. The van der Waals surface area contributed by atoms with E-state index in [-0.39, 0.29) is 64.1 Å². The van der Waals surface area contributed by atoms with Crippen LogP contribution in [-0.4, -0.2) is 69.2 Å². The second-order valence-corrected chi connectivity index (χ2v) is 32.6.